The van der Waals surface area contributed by atoms with E-state index < -0.39 is 0 Å². The highest BCUT2D eigenvalue weighted by molar-refractivity contribution is 6.04. The number of nitrogens with zero attached hydrogens (tertiary/aromatic N) is 1. The van der Waals surface area contributed by atoms with Gasteiger partial charge in [0.15, 0.2) is 0 Å². The topological polar surface area (TPSA) is 32.3 Å². The summed E-state index contributed by atoms with van der Waals surface area (Å²) in [5.74, 6) is 0. The lowest BCUT2D eigenvalue weighted by molar-refractivity contribution is 0.213. The zero-order valence-electron chi connectivity index (χ0n) is 13.5. The molecule has 2 aromatic carbocycles. The van der Waals surface area contributed by atoms with Crippen LogP contribution in [0.5, 0.6) is 0 Å². The monoisotopic (exact) mass is 296 g/mol. The fourth-order valence-corrected chi connectivity index (χ4v) is 3.30. The third-order valence-electron chi connectivity index (χ3n) is 4.57. The zero-order chi connectivity index (χ0) is 15.5. The molecule has 22 heavy (non-hydrogen) atoms. The van der Waals surface area contributed by atoms with E-state index in [-0.39, 0.29) is 6.03 Å². The van der Waals surface area contributed by atoms with E-state index in [0.29, 0.717) is 0 Å². The van der Waals surface area contributed by atoms with E-state index in [1.807, 2.05) is 11.8 Å². The van der Waals surface area contributed by atoms with Crippen LogP contribution < -0.4 is 5.32 Å². The fourth-order valence-electron chi connectivity index (χ4n) is 3.30. The van der Waals surface area contributed by atoms with Crippen LogP contribution in [-0.2, 0) is 12.8 Å². The van der Waals surface area contributed by atoms with Crippen molar-refractivity contribution in [2.75, 3.05) is 18.4 Å². The largest absolute Gasteiger partial charge is 0.325 e. The summed E-state index contributed by atoms with van der Waals surface area (Å²) in [4.78, 5) is 14.4. The molecule has 0 spiro atoms. The van der Waals surface area contributed by atoms with Gasteiger partial charge >= 0.3 is 6.03 Å². The van der Waals surface area contributed by atoms with Gasteiger partial charge in [0.1, 0.15) is 0 Å². The molecule has 0 saturated carbocycles. The second-order valence-corrected chi connectivity index (χ2v) is 5.98. The van der Waals surface area contributed by atoms with Crippen molar-refractivity contribution < 1.29 is 4.79 Å². The molecule has 0 radical (unpaired) electrons. The molecule has 0 aromatic heterocycles. The lowest BCUT2D eigenvalue weighted by Gasteiger charge is -2.22. The van der Waals surface area contributed by atoms with Crippen LogP contribution in [0.4, 0.5) is 10.5 Å². The number of benzene rings is 2. The third-order valence-corrected chi connectivity index (χ3v) is 4.57. The molecule has 1 aliphatic carbocycles. The van der Waals surface area contributed by atoms with Gasteiger partial charge in [-0.3, -0.25) is 0 Å². The second kappa shape index (κ2) is 6.39. The Morgan fingerprint density at radius 1 is 1.14 bits per heavy atom. The first kappa shape index (κ1) is 14.9. The smallest absolute Gasteiger partial charge is 0.321 e. The summed E-state index contributed by atoms with van der Waals surface area (Å²) >= 11 is 0. The van der Waals surface area contributed by atoms with Gasteiger partial charge in [-0.15, -0.1) is 0 Å². The van der Waals surface area contributed by atoms with Crippen molar-refractivity contribution in [2.24, 2.45) is 0 Å². The summed E-state index contributed by atoms with van der Waals surface area (Å²) in [6.07, 6.45) is 4.37. The van der Waals surface area contributed by atoms with Crippen LogP contribution in [0.25, 0.3) is 10.8 Å². The van der Waals surface area contributed by atoms with E-state index in [0.717, 1.165) is 44.5 Å². The van der Waals surface area contributed by atoms with Crippen LogP contribution in [0.2, 0.25) is 0 Å². The number of hydrogen-bond acceptors (Lipinski definition) is 1. The molecule has 1 aliphatic rings. The Kier molecular flexibility index (Phi) is 4.32. The van der Waals surface area contributed by atoms with Gasteiger partial charge in [0.25, 0.3) is 0 Å². The van der Waals surface area contributed by atoms with Gasteiger partial charge in [0, 0.05) is 18.5 Å². The first-order chi connectivity index (χ1) is 10.7. The molecule has 0 aliphatic heterocycles. The Balaban J connectivity index is 1.87. The number of urea groups is 1. The Hall–Kier alpha value is -2.03. The fraction of sp³-hybridized carbons (Fsp3) is 0.421. The first-order valence-corrected chi connectivity index (χ1v) is 8.34. The van der Waals surface area contributed by atoms with E-state index in [1.54, 1.807) is 0 Å². The van der Waals surface area contributed by atoms with E-state index in [4.69, 9.17) is 0 Å². The van der Waals surface area contributed by atoms with Gasteiger partial charge in [-0.1, -0.05) is 37.6 Å². The molecule has 3 rings (SSSR count). The Bertz CT molecular complexity index is 683. The van der Waals surface area contributed by atoms with Crippen molar-refractivity contribution in [3.63, 3.8) is 0 Å². The van der Waals surface area contributed by atoms with Gasteiger partial charge < -0.3 is 10.2 Å². The number of rotatable bonds is 5. The van der Waals surface area contributed by atoms with Gasteiger partial charge in [-0.05, 0) is 48.8 Å². The number of nitrogens with one attached hydrogen (secondary N) is 1. The number of amides is 2. The number of aryl methyl sites for hydroxylation is 2. The number of unbranched alkanes of at least 4 members (excludes halogenated alkanes) is 1. The molecule has 0 atom stereocenters. The maximum atomic E-state index is 12.5. The van der Waals surface area contributed by atoms with Crippen molar-refractivity contribution in [1.82, 2.24) is 4.90 Å². The van der Waals surface area contributed by atoms with E-state index in [2.05, 4.69) is 42.6 Å². The van der Waals surface area contributed by atoms with Crippen LogP contribution in [-0.4, -0.2) is 24.0 Å². The van der Waals surface area contributed by atoms with Gasteiger partial charge in [0.2, 0.25) is 0 Å². The van der Waals surface area contributed by atoms with Crippen molar-refractivity contribution in [3.8, 4) is 0 Å². The summed E-state index contributed by atoms with van der Waals surface area (Å²) in [5.41, 5.74) is 3.74. The maximum Gasteiger partial charge on any atom is 0.321 e. The van der Waals surface area contributed by atoms with Crippen molar-refractivity contribution in [1.29, 1.82) is 0 Å². The van der Waals surface area contributed by atoms with Crippen molar-refractivity contribution in [3.05, 3.63) is 41.5 Å². The summed E-state index contributed by atoms with van der Waals surface area (Å²) in [6.45, 7) is 5.74. The van der Waals surface area contributed by atoms with Crippen LogP contribution >= 0.6 is 0 Å². The van der Waals surface area contributed by atoms with Crippen LogP contribution in [0, 0.1) is 0 Å². The Morgan fingerprint density at radius 3 is 2.64 bits per heavy atom. The predicted molar refractivity (Wildman–Crippen MR) is 92.5 cm³/mol. The van der Waals surface area contributed by atoms with E-state index in [9.17, 15) is 4.79 Å². The summed E-state index contributed by atoms with van der Waals surface area (Å²) in [7, 11) is 0. The van der Waals surface area contributed by atoms with Crippen molar-refractivity contribution >= 4 is 22.5 Å². The molecule has 0 heterocycles. The summed E-state index contributed by atoms with van der Waals surface area (Å²) in [6, 6.07) is 10.6. The molecular weight excluding hydrogens is 272 g/mol. The normalized spacial score (nSPS) is 12.6. The lowest BCUT2D eigenvalue weighted by atomic mass is 10.0. The predicted octanol–water partition coefficient (Wildman–Crippen LogP) is 4.59. The first-order valence-electron chi connectivity index (χ1n) is 8.34. The average molecular weight is 296 g/mol. The SMILES string of the molecule is CCCCN(CC)C(=O)Nc1ccc2c3c(cccc13)CC2. The highest BCUT2D eigenvalue weighted by atomic mass is 16.2. The standard InChI is InChI=1S/C19H24N2O/c1-3-5-13-21(4-2)19(22)20-17-12-11-15-10-9-14-7-6-8-16(17)18(14)15/h6-8,11-12H,3-5,9-10,13H2,1-2H3,(H,20,22). The minimum Gasteiger partial charge on any atom is -0.325 e. The lowest BCUT2D eigenvalue weighted by Crippen LogP contribution is -2.35. The van der Waals surface area contributed by atoms with Gasteiger partial charge in [0.05, 0.1) is 5.69 Å². The minimum absolute atomic E-state index is 0.00894. The molecular formula is C19H24N2O. The molecule has 0 unspecified atom stereocenters. The summed E-state index contributed by atoms with van der Waals surface area (Å²) < 4.78 is 0. The minimum atomic E-state index is 0.00894. The van der Waals surface area contributed by atoms with Crippen molar-refractivity contribution in [2.45, 2.75) is 39.5 Å². The second-order valence-electron chi connectivity index (χ2n) is 5.98. The number of hydrogen-bond donors (Lipinski definition) is 1. The molecule has 2 amide bonds. The molecule has 3 nitrogen and oxygen atoms in total. The van der Waals surface area contributed by atoms with Crippen LogP contribution in [0.3, 0.4) is 0 Å². The van der Waals surface area contributed by atoms with Gasteiger partial charge in [-0.2, -0.15) is 0 Å². The number of anilines is 1. The van der Waals surface area contributed by atoms with Crippen LogP contribution in [0.1, 0.15) is 37.8 Å². The number of carbonyl (C=O) groups is 1. The van der Waals surface area contributed by atoms with E-state index in [1.165, 1.54) is 21.9 Å². The molecule has 0 saturated heterocycles. The third kappa shape index (κ3) is 2.68. The molecule has 2 aromatic rings. The maximum absolute atomic E-state index is 12.5. The zero-order valence-corrected chi connectivity index (χ0v) is 13.5. The molecule has 3 heteroatoms. The van der Waals surface area contributed by atoms with E-state index >= 15 is 0 Å². The number of carbonyl (C=O) groups excluding carboxylic acids is 1. The van der Waals surface area contributed by atoms with Crippen LogP contribution in [0.15, 0.2) is 30.3 Å². The highest BCUT2D eigenvalue weighted by Gasteiger charge is 2.18. The summed E-state index contributed by atoms with van der Waals surface area (Å²) in [5, 5.41) is 5.63. The Labute approximate surface area is 132 Å². The molecule has 0 bridgehead atoms. The molecule has 0 fully saturated rings. The quantitative estimate of drug-likeness (QED) is 0.859. The molecule has 116 valence electrons. The molecule has 1 N–H and O–H groups in total. The highest BCUT2D eigenvalue weighted by Crippen LogP contribution is 2.35. The average Bonchev–Trinajstić information content (AvgIpc) is 2.96. The van der Waals surface area contributed by atoms with Gasteiger partial charge in [-0.25, -0.2) is 4.79 Å². The Morgan fingerprint density at radius 2 is 1.91 bits per heavy atom.